The molecule has 0 amide bonds. The highest BCUT2D eigenvalue weighted by Gasteiger charge is 2.18. The van der Waals surface area contributed by atoms with Crippen LogP contribution in [0.5, 0.6) is 5.75 Å². The number of aryl methyl sites for hydroxylation is 1. The van der Waals surface area contributed by atoms with Crippen molar-refractivity contribution in [3.63, 3.8) is 0 Å². The first kappa shape index (κ1) is 13.2. The molecule has 1 aromatic carbocycles. The summed E-state index contributed by atoms with van der Waals surface area (Å²) in [5.41, 5.74) is 3.31. The number of halogens is 1. The fraction of sp³-hybridized carbons (Fsp3) is 0.286. The van der Waals surface area contributed by atoms with Crippen LogP contribution in [0.4, 0.5) is 0 Å². The van der Waals surface area contributed by atoms with Gasteiger partial charge in [-0.3, -0.25) is 0 Å². The number of furan rings is 1. The van der Waals surface area contributed by atoms with E-state index in [2.05, 4.69) is 27.3 Å². The average molecular weight is 310 g/mol. The van der Waals surface area contributed by atoms with Gasteiger partial charge >= 0.3 is 0 Å². The molecular formula is C14H16BrNO2. The van der Waals surface area contributed by atoms with Crippen molar-refractivity contribution in [1.29, 1.82) is 0 Å². The van der Waals surface area contributed by atoms with Crippen LogP contribution in [0.25, 0.3) is 0 Å². The molecule has 2 rings (SSSR count). The quantitative estimate of drug-likeness (QED) is 0.935. The maximum absolute atomic E-state index is 5.47. The third-order valence-electron chi connectivity index (χ3n) is 2.99. The summed E-state index contributed by atoms with van der Waals surface area (Å²) < 4.78 is 11.7. The number of nitrogens with one attached hydrogen (secondary N) is 1. The van der Waals surface area contributed by atoms with E-state index in [1.807, 2.05) is 26.1 Å². The van der Waals surface area contributed by atoms with Crippen molar-refractivity contribution in [3.8, 4) is 5.75 Å². The summed E-state index contributed by atoms with van der Waals surface area (Å²) in [5, 5.41) is 3.28. The second-order valence-corrected chi connectivity index (χ2v) is 4.98. The maximum Gasteiger partial charge on any atom is 0.124 e. The van der Waals surface area contributed by atoms with Crippen molar-refractivity contribution in [2.75, 3.05) is 14.2 Å². The number of benzene rings is 1. The van der Waals surface area contributed by atoms with E-state index in [9.17, 15) is 0 Å². The Kier molecular flexibility index (Phi) is 4.09. The summed E-state index contributed by atoms with van der Waals surface area (Å²) >= 11 is 3.56. The fourth-order valence-electron chi connectivity index (χ4n) is 2.01. The minimum absolute atomic E-state index is 0.0515. The summed E-state index contributed by atoms with van der Waals surface area (Å²) in [7, 11) is 3.61. The molecule has 1 atom stereocenters. The summed E-state index contributed by atoms with van der Waals surface area (Å²) in [6.07, 6.45) is 3.42. The Bertz CT molecular complexity index is 523. The van der Waals surface area contributed by atoms with Crippen LogP contribution in [0.1, 0.15) is 22.7 Å². The normalized spacial score (nSPS) is 12.4. The van der Waals surface area contributed by atoms with Crippen LogP contribution in [0.2, 0.25) is 0 Å². The van der Waals surface area contributed by atoms with Crippen molar-refractivity contribution >= 4 is 15.9 Å². The maximum atomic E-state index is 5.47. The van der Waals surface area contributed by atoms with E-state index in [4.69, 9.17) is 9.15 Å². The van der Waals surface area contributed by atoms with Gasteiger partial charge in [0.25, 0.3) is 0 Å². The van der Waals surface area contributed by atoms with E-state index in [1.54, 1.807) is 19.6 Å². The van der Waals surface area contributed by atoms with Crippen LogP contribution < -0.4 is 10.1 Å². The van der Waals surface area contributed by atoms with Crippen LogP contribution in [0, 0.1) is 6.92 Å². The van der Waals surface area contributed by atoms with Gasteiger partial charge in [0.2, 0.25) is 0 Å². The van der Waals surface area contributed by atoms with Gasteiger partial charge in [0.1, 0.15) is 5.75 Å². The zero-order valence-electron chi connectivity index (χ0n) is 10.7. The second kappa shape index (κ2) is 5.59. The van der Waals surface area contributed by atoms with Gasteiger partial charge in [-0.25, -0.2) is 0 Å². The molecule has 0 saturated heterocycles. The summed E-state index contributed by atoms with van der Waals surface area (Å²) in [5.74, 6) is 0.872. The summed E-state index contributed by atoms with van der Waals surface area (Å²) in [6, 6.07) is 6.12. The predicted molar refractivity (Wildman–Crippen MR) is 75.0 cm³/mol. The van der Waals surface area contributed by atoms with E-state index in [-0.39, 0.29) is 6.04 Å². The molecule has 1 heterocycles. The highest BCUT2D eigenvalue weighted by molar-refractivity contribution is 9.10. The predicted octanol–water partition coefficient (Wildman–Crippen LogP) is 3.67. The molecule has 0 aliphatic carbocycles. The van der Waals surface area contributed by atoms with Crippen LogP contribution in [0.15, 0.2) is 39.6 Å². The fourth-order valence-corrected chi connectivity index (χ4v) is 2.37. The van der Waals surface area contributed by atoms with Gasteiger partial charge in [0.05, 0.1) is 25.7 Å². The molecule has 0 fully saturated rings. The largest absolute Gasteiger partial charge is 0.496 e. The first-order valence-electron chi connectivity index (χ1n) is 5.70. The molecule has 0 saturated carbocycles. The Labute approximate surface area is 115 Å². The average Bonchev–Trinajstić information content (AvgIpc) is 2.88. The molecule has 4 heteroatoms. The van der Waals surface area contributed by atoms with Gasteiger partial charge in [-0.15, -0.1) is 0 Å². The smallest absolute Gasteiger partial charge is 0.124 e. The third kappa shape index (κ3) is 2.44. The van der Waals surface area contributed by atoms with Gasteiger partial charge in [0.15, 0.2) is 0 Å². The molecule has 0 spiro atoms. The minimum Gasteiger partial charge on any atom is -0.496 e. The third-order valence-corrected chi connectivity index (χ3v) is 3.84. The molecule has 18 heavy (non-hydrogen) atoms. The molecule has 3 nitrogen and oxygen atoms in total. The Balaban J connectivity index is 2.51. The van der Waals surface area contributed by atoms with Crippen molar-refractivity contribution in [2.24, 2.45) is 0 Å². The molecule has 0 bridgehead atoms. The first-order chi connectivity index (χ1) is 8.67. The lowest BCUT2D eigenvalue weighted by Gasteiger charge is -2.19. The van der Waals surface area contributed by atoms with Gasteiger partial charge in [0, 0.05) is 15.6 Å². The first-order valence-corrected chi connectivity index (χ1v) is 6.50. The van der Waals surface area contributed by atoms with Gasteiger partial charge < -0.3 is 14.5 Å². The lowest BCUT2D eigenvalue weighted by molar-refractivity contribution is 0.404. The van der Waals surface area contributed by atoms with E-state index in [1.165, 1.54) is 0 Å². The highest BCUT2D eigenvalue weighted by atomic mass is 79.9. The summed E-state index contributed by atoms with van der Waals surface area (Å²) in [4.78, 5) is 0. The van der Waals surface area contributed by atoms with E-state index < -0.39 is 0 Å². The van der Waals surface area contributed by atoms with Crippen LogP contribution in [0.3, 0.4) is 0 Å². The number of hydrogen-bond acceptors (Lipinski definition) is 3. The Morgan fingerprint density at radius 1 is 1.39 bits per heavy atom. The van der Waals surface area contributed by atoms with Crippen LogP contribution in [-0.2, 0) is 0 Å². The van der Waals surface area contributed by atoms with E-state index in [0.717, 1.165) is 26.9 Å². The Hall–Kier alpha value is -1.26. The van der Waals surface area contributed by atoms with E-state index >= 15 is 0 Å². The molecule has 1 aromatic heterocycles. The van der Waals surface area contributed by atoms with Gasteiger partial charge in [-0.2, -0.15) is 0 Å². The molecule has 2 aromatic rings. The SMILES string of the molecule is CNC(c1ccoc1)c1cc(Br)c(C)cc1OC. The highest BCUT2D eigenvalue weighted by Crippen LogP contribution is 2.34. The van der Waals surface area contributed by atoms with Crippen molar-refractivity contribution in [2.45, 2.75) is 13.0 Å². The lowest BCUT2D eigenvalue weighted by Crippen LogP contribution is -2.18. The van der Waals surface area contributed by atoms with Crippen molar-refractivity contribution < 1.29 is 9.15 Å². The molecule has 0 aliphatic heterocycles. The molecule has 0 aliphatic rings. The van der Waals surface area contributed by atoms with Crippen molar-refractivity contribution in [3.05, 3.63) is 51.9 Å². The second-order valence-electron chi connectivity index (χ2n) is 4.12. The summed E-state index contributed by atoms with van der Waals surface area (Å²) in [6.45, 7) is 2.04. The molecule has 0 radical (unpaired) electrons. The van der Waals surface area contributed by atoms with Gasteiger partial charge in [-0.1, -0.05) is 15.9 Å². The van der Waals surface area contributed by atoms with Crippen LogP contribution >= 0.6 is 15.9 Å². The molecular weight excluding hydrogens is 294 g/mol. The topological polar surface area (TPSA) is 34.4 Å². The Morgan fingerprint density at radius 3 is 2.72 bits per heavy atom. The minimum atomic E-state index is 0.0515. The number of rotatable bonds is 4. The molecule has 96 valence electrons. The Morgan fingerprint density at radius 2 is 2.17 bits per heavy atom. The monoisotopic (exact) mass is 309 g/mol. The molecule has 1 N–H and O–H groups in total. The van der Waals surface area contributed by atoms with E-state index in [0.29, 0.717) is 0 Å². The number of hydrogen-bond donors (Lipinski definition) is 1. The number of ether oxygens (including phenoxy) is 1. The van der Waals surface area contributed by atoms with Crippen LogP contribution in [-0.4, -0.2) is 14.2 Å². The number of methoxy groups -OCH3 is 1. The lowest BCUT2D eigenvalue weighted by atomic mass is 9.99. The van der Waals surface area contributed by atoms with Gasteiger partial charge in [-0.05, 0) is 37.7 Å². The zero-order valence-corrected chi connectivity index (χ0v) is 12.2. The van der Waals surface area contributed by atoms with Crippen molar-refractivity contribution in [1.82, 2.24) is 5.32 Å². The molecule has 1 unspecified atom stereocenters. The standard InChI is InChI=1S/C14H16BrNO2/c1-9-6-13(17-3)11(7-12(9)15)14(16-2)10-4-5-18-8-10/h4-8,14,16H,1-3H3. The zero-order chi connectivity index (χ0) is 13.1.